The fraction of sp³-hybridized carbons (Fsp3) is 0.174. The van der Waals surface area contributed by atoms with Crippen LogP contribution < -0.4 is 5.32 Å². The summed E-state index contributed by atoms with van der Waals surface area (Å²) in [7, 11) is 0. The van der Waals surface area contributed by atoms with E-state index in [0.29, 0.717) is 18.5 Å². The maximum absolute atomic E-state index is 12.8. The minimum absolute atomic E-state index is 0.0230. The van der Waals surface area contributed by atoms with Crippen LogP contribution in [0.5, 0.6) is 0 Å². The zero-order valence-corrected chi connectivity index (χ0v) is 17.2. The van der Waals surface area contributed by atoms with Gasteiger partial charge in [-0.1, -0.05) is 30.3 Å². The molecule has 0 fully saturated rings. The van der Waals surface area contributed by atoms with Gasteiger partial charge in [-0.25, -0.2) is 0 Å². The molecule has 2 amide bonds. The Morgan fingerprint density at radius 2 is 1.69 bits per heavy atom. The molecule has 162 valence electrons. The number of nitrogens with one attached hydrogen (secondary N) is 1. The van der Waals surface area contributed by atoms with E-state index < -0.39 is 16.7 Å². The molecule has 1 aliphatic heterocycles. The predicted molar refractivity (Wildman–Crippen MR) is 116 cm³/mol. The lowest BCUT2D eigenvalue weighted by molar-refractivity contribution is -0.385. The molecule has 0 bridgehead atoms. The summed E-state index contributed by atoms with van der Waals surface area (Å²) in [5, 5.41) is 14.6. The Morgan fingerprint density at radius 3 is 2.41 bits per heavy atom. The number of hydrogen-bond donors (Lipinski definition) is 1. The van der Waals surface area contributed by atoms with Crippen molar-refractivity contribution < 1.29 is 24.0 Å². The van der Waals surface area contributed by atoms with Crippen LogP contribution in [-0.2, 0) is 25.7 Å². The van der Waals surface area contributed by atoms with Crippen LogP contribution in [0.2, 0.25) is 0 Å². The Hall–Kier alpha value is -4.27. The molecule has 9 nitrogen and oxygen atoms in total. The lowest BCUT2D eigenvalue weighted by atomic mass is 9.95. The second-order valence-corrected chi connectivity index (χ2v) is 7.25. The number of imide groups is 1. The van der Waals surface area contributed by atoms with Crippen LogP contribution >= 0.6 is 0 Å². The SMILES string of the molecule is CC(=O)OCCCn1cc(C2=C(c3ccccc3[N+](=O)[O-])C(=O)NC2=O)c2ccccc21. The van der Waals surface area contributed by atoms with Crippen molar-refractivity contribution in [2.24, 2.45) is 0 Å². The van der Waals surface area contributed by atoms with E-state index in [1.807, 2.05) is 28.8 Å². The highest BCUT2D eigenvalue weighted by Gasteiger charge is 2.36. The molecular weight excluding hydrogens is 414 g/mol. The van der Waals surface area contributed by atoms with Crippen LogP contribution in [0.1, 0.15) is 24.5 Å². The van der Waals surface area contributed by atoms with Gasteiger partial charge in [0.1, 0.15) is 0 Å². The number of benzene rings is 2. The number of ether oxygens (including phenoxy) is 1. The summed E-state index contributed by atoms with van der Waals surface area (Å²) in [6, 6.07) is 13.2. The molecule has 32 heavy (non-hydrogen) atoms. The van der Waals surface area contributed by atoms with Gasteiger partial charge < -0.3 is 9.30 Å². The maximum atomic E-state index is 12.8. The second-order valence-electron chi connectivity index (χ2n) is 7.25. The highest BCUT2D eigenvalue weighted by atomic mass is 16.6. The number of carbonyl (C=O) groups is 3. The highest BCUT2D eigenvalue weighted by molar-refractivity contribution is 6.50. The number of nitro benzene ring substituents is 1. The van der Waals surface area contributed by atoms with Crippen molar-refractivity contribution in [3.05, 3.63) is 76.0 Å². The van der Waals surface area contributed by atoms with Gasteiger partial charge in [0.25, 0.3) is 17.5 Å². The Bertz CT molecular complexity index is 1300. The summed E-state index contributed by atoms with van der Waals surface area (Å²) in [6.45, 7) is 2.10. The number of esters is 1. The van der Waals surface area contributed by atoms with Crippen molar-refractivity contribution in [1.82, 2.24) is 9.88 Å². The van der Waals surface area contributed by atoms with Crippen molar-refractivity contribution >= 4 is 45.5 Å². The number of nitro groups is 1. The van der Waals surface area contributed by atoms with Crippen molar-refractivity contribution in [2.75, 3.05) is 6.61 Å². The molecule has 2 aromatic carbocycles. The van der Waals surface area contributed by atoms with E-state index in [-0.39, 0.29) is 35.0 Å². The van der Waals surface area contributed by atoms with E-state index in [1.165, 1.54) is 25.1 Å². The zero-order chi connectivity index (χ0) is 22.8. The largest absolute Gasteiger partial charge is 0.466 e. The molecule has 0 radical (unpaired) electrons. The van der Waals surface area contributed by atoms with E-state index >= 15 is 0 Å². The second kappa shape index (κ2) is 8.46. The molecule has 0 aliphatic carbocycles. The van der Waals surface area contributed by atoms with Crippen LogP contribution in [0, 0.1) is 10.1 Å². The van der Waals surface area contributed by atoms with Crippen LogP contribution in [0.15, 0.2) is 54.7 Å². The summed E-state index contributed by atoms with van der Waals surface area (Å²) in [5.41, 5.74) is 1.23. The number of hydrogen-bond acceptors (Lipinski definition) is 6. The summed E-state index contributed by atoms with van der Waals surface area (Å²) in [5.74, 6) is -1.64. The van der Waals surface area contributed by atoms with Gasteiger partial charge in [-0.2, -0.15) is 0 Å². The van der Waals surface area contributed by atoms with E-state index in [2.05, 4.69) is 5.32 Å². The van der Waals surface area contributed by atoms with Crippen LogP contribution in [0.4, 0.5) is 5.69 Å². The highest BCUT2D eigenvalue weighted by Crippen LogP contribution is 2.38. The summed E-state index contributed by atoms with van der Waals surface area (Å²) in [4.78, 5) is 47.5. The third kappa shape index (κ3) is 3.76. The van der Waals surface area contributed by atoms with Gasteiger partial charge in [0.15, 0.2) is 0 Å². The first-order valence-corrected chi connectivity index (χ1v) is 9.94. The van der Waals surface area contributed by atoms with E-state index in [0.717, 1.165) is 10.9 Å². The minimum Gasteiger partial charge on any atom is -0.466 e. The van der Waals surface area contributed by atoms with Gasteiger partial charge in [-0.05, 0) is 18.6 Å². The van der Waals surface area contributed by atoms with Crippen LogP contribution in [-0.4, -0.2) is 33.9 Å². The van der Waals surface area contributed by atoms with E-state index in [9.17, 15) is 24.5 Å². The van der Waals surface area contributed by atoms with Gasteiger partial charge in [-0.3, -0.25) is 29.8 Å². The number of aryl methyl sites for hydroxylation is 1. The fourth-order valence-corrected chi connectivity index (χ4v) is 3.90. The Labute approximate surface area is 182 Å². The van der Waals surface area contributed by atoms with Gasteiger partial charge in [-0.15, -0.1) is 0 Å². The summed E-state index contributed by atoms with van der Waals surface area (Å²) >= 11 is 0. The summed E-state index contributed by atoms with van der Waals surface area (Å²) < 4.78 is 6.90. The monoisotopic (exact) mass is 433 g/mol. The summed E-state index contributed by atoms with van der Waals surface area (Å²) in [6.07, 6.45) is 2.31. The quantitative estimate of drug-likeness (QED) is 0.201. The molecule has 3 aromatic rings. The third-order valence-electron chi connectivity index (χ3n) is 5.21. The molecule has 1 aromatic heterocycles. The number of carbonyl (C=O) groups excluding carboxylic acids is 3. The van der Waals surface area contributed by atoms with Gasteiger partial charge >= 0.3 is 5.97 Å². The van der Waals surface area contributed by atoms with E-state index in [4.69, 9.17) is 4.74 Å². The first-order chi connectivity index (χ1) is 15.4. The molecule has 1 N–H and O–H groups in total. The predicted octanol–water partition coefficient (Wildman–Crippen LogP) is 3.07. The van der Waals surface area contributed by atoms with E-state index in [1.54, 1.807) is 12.3 Å². The molecule has 0 unspecified atom stereocenters. The Kier molecular flexibility index (Phi) is 5.55. The number of aromatic nitrogens is 1. The third-order valence-corrected chi connectivity index (χ3v) is 5.21. The molecule has 0 atom stereocenters. The normalized spacial score (nSPS) is 13.5. The molecule has 0 spiro atoms. The smallest absolute Gasteiger partial charge is 0.302 e. The van der Waals surface area contributed by atoms with Gasteiger partial charge in [0.2, 0.25) is 0 Å². The lowest BCUT2D eigenvalue weighted by Gasteiger charge is -2.05. The Morgan fingerprint density at radius 1 is 1.03 bits per heavy atom. The number of nitrogens with zero attached hydrogens (tertiary/aromatic N) is 2. The number of rotatable bonds is 7. The van der Waals surface area contributed by atoms with Crippen molar-refractivity contribution in [2.45, 2.75) is 19.9 Å². The van der Waals surface area contributed by atoms with Gasteiger partial charge in [0, 0.05) is 42.2 Å². The first-order valence-electron chi connectivity index (χ1n) is 9.94. The number of amides is 2. The average molecular weight is 433 g/mol. The van der Waals surface area contributed by atoms with Gasteiger partial charge in [0.05, 0.1) is 28.2 Å². The molecule has 1 aliphatic rings. The van der Waals surface area contributed by atoms with Crippen molar-refractivity contribution in [3.63, 3.8) is 0 Å². The molecular formula is C23H19N3O6. The standard InChI is InChI=1S/C23H19N3O6/c1-14(27)32-12-6-11-25-13-17(15-7-2-4-9-18(15)25)21-20(22(28)24-23(21)29)16-8-3-5-10-19(16)26(30)31/h2-5,7-10,13H,6,11-12H2,1H3,(H,24,28,29). The Balaban J connectivity index is 1.86. The molecule has 9 heteroatoms. The molecule has 2 heterocycles. The number of fused-ring (bicyclic) bond motifs is 1. The fourth-order valence-electron chi connectivity index (χ4n) is 3.90. The average Bonchev–Trinajstić information content (AvgIpc) is 3.27. The lowest BCUT2D eigenvalue weighted by Crippen LogP contribution is -2.22. The topological polar surface area (TPSA) is 121 Å². The first kappa shape index (κ1) is 21.0. The minimum atomic E-state index is -0.675. The van der Waals surface area contributed by atoms with Crippen LogP contribution in [0.3, 0.4) is 0 Å². The molecule has 4 rings (SSSR count). The van der Waals surface area contributed by atoms with Crippen LogP contribution in [0.25, 0.3) is 22.0 Å². The van der Waals surface area contributed by atoms with Crippen molar-refractivity contribution in [1.29, 1.82) is 0 Å². The van der Waals surface area contributed by atoms with Crippen molar-refractivity contribution in [3.8, 4) is 0 Å². The molecule has 0 saturated carbocycles. The molecule has 0 saturated heterocycles. The number of para-hydroxylation sites is 2. The zero-order valence-electron chi connectivity index (χ0n) is 17.2. The maximum Gasteiger partial charge on any atom is 0.302 e.